The zero-order chi connectivity index (χ0) is 20.0. The highest BCUT2D eigenvalue weighted by Crippen LogP contribution is 2.35. The van der Waals surface area contributed by atoms with Gasteiger partial charge in [0.05, 0.1) is 23.3 Å². The van der Waals surface area contributed by atoms with Gasteiger partial charge in [0.1, 0.15) is 11.9 Å². The van der Waals surface area contributed by atoms with Crippen LogP contribution < -0.4 is 0 Å². The normalized spacial score (nSPS) is 12.0. The van der Waals surface area contributed by atoms with Crippen LogP contribution in [-0.4, -0.2) is 15.0 Å². The first-order chi connectivity index (χ1) is 14.0. The van der Waals surface area contributed by atoms with Crippen molar-refractivity contribution in [3.05, 3.63) is 78.9 Å². The lowest BCUT2D eigenvalue weighted by Crippen LogP contribution is -2.12. The molecule has 0 spiro atoms. The molecule has 0 fully saturated rings. The number of pyridine rings is 1. The third kappa shape index (κ3) is 3.07. The molecule has 4 heteroatoms. The van der Waals surface area contributed by atoms with Gasteiger partial charge in [0.25, 0.3) is 0 Å². The molecule has 3 aromatic heterocycles. The van der Waals surface area contributed by atoms with E-state index in [-0.39, 0.29) is 5.41 Å². The van der Waals surface area contributed by atoms with Gasteiger partial charge in [-0.1, -0.05) is 45.0 Å². The molecule has 0 amide bonds. The molecule has 0 aliphatic rings. The summed E-state index contributed by atoms with van der Waals surface area (Å²) in [6, 6.07) is 18.8. The van der Waals surface area contributed by atoms with Gasteiger partial charge in [-0.25, -0.2) is 9.97 Å². The van der Waals surface area contributed by atoms with E-state index in [1.54, 1.807) is 18.8 Å². The van der Waals surface area contributed by atoms with E-state index in [0.29, 0.717) is 0 Å². The topological polar surface area (TPSA) is 51.8 Å². The maximum absolute atomic E-state index is 5.51. The van der Waals surface area contributed by atoms with Crippen LogP contribution in [0.15, 0.2) is 77.8 Å². The fourth-order valence-corrected chi connectivity index (χ4v) is 3.82. The fraction of sp³-hybridized carbons (Fsp3) is 0.160. The minimum atomic E-state index is 0.0232. The smallest absolute Gasteiger partial charge is 0.137 e. The van der Waals surface area contributed by atoms with Crippen molar-refractivity contribution >= 4 is 21.7 Å². The van der Waals surface area contributed by atoms with Crippen LogP contribution in [0.2, 0.25) is 0 Å². The van der Waals surface area contributed by atoms with E-state index in [2.05, 4.69) is 72.1 Å². The lowest BCUT2D eigenvalue weighted by molar-refractivity contribution is 0.596. The zero-order valence-corrected chi connectivity index (χ0v) is 16.7. The molecule has 0 bridgehead atoms. The van der Waals surface area contributed by atoms with Crippen LogP contribution in [-0.2, 0) is 5.41 Å². The van der Waals surface area contributed by atoms with Gasteiger partial charge in [0, 0.05) is 17.1 Å². The van der Waals surface area contributed by atoms with Gasteiger partial charge in [0.15, 0.2) is 0 Å². The Hall–Kier alpha value is -3.53. The second-order valence-corrected chi connectivity index (χ2v) is 8.28. The summed E-state index contributed by atoms with van der Waals surface area (Å²) in [7, 11) is 0. The van der Waals surface area contributed by atoms with Gasteiger partial charge >= 0.3 is 0 Å². The summed E-state index contributed by atoms with van der Waals surface area (Å²) in [5.41, 5.74) is 5.68. The molecule has 0 N–H and O–H groups in total. The molecule has 2 aromatic carbocycles. The average molecular weight is 379 g/mol. The second-order valence-electron chi connectivity index (χ2n) is 8.28. The molecular formula is C25H21N3O. The summed E-state index contributed by atoms with van der Waals surface area (Å²) < 4.78 is 5.51. The summed E-state index contributed by atoms with van der Waals surface area (Å²) in [4.78, 5) is 13.6. The molecule has 0 aliphatic carbocycles. The van der Waals surface area contributed by atoms with Crippen LogP contribution in [0.4, 0.5) is 0 Å². The van der Waals surface area contributed by atoms with Crippen molar-refractivity contribution < 1.29 is 4.42 Å². The maximum Gasteiger partial charge on any atom is 0.137 e. The van der Waals surface area contributed by atoms with E-state index in [1.165, 1.54) is 16.3 Å². The quantitative estimate of drug-likeness (QED) is 0.356. The summed E-state index contributed by atoms with van der Waals surface area (Å²) in [6.45, 7) is 6.73. The van der Waals surface area contributed by atoms with Crippen LogP contribution in [0.1, 0.15) is 26.3 Å². The second kappa shape index (κ2) is 6.52. The summed E-state index contributed by atoms with van der Waals surface area (Å²) in [6.07, 6.45) is 5.03. The SMILES string of the molecule is CC(C)(C)c1cc(-c2cc(-c3nccc4occc34)ncn2)cc2ccccc12. The maximum atomic E-state index is 5.51. The standard InChI is InChI=1S/C25H21N3O/c1-25(2,3)20-13-17(12-16-6-4-5-7-18(16)20)21-14-22(28-15-27-21)24-19-9-11-29-23(19)8-10-26-24/h4-15H,1-3H3. The number of hydrogen-bond donors (Lipinski definition) is 0. The number of fused-ring (bicyclic) bond motifs is 2. The molecule has 5 rings (SSSR count). The Kier molecular flexibility index (Phi) is 3.95. The average Bonchev–Trinajstić information content (AvgIpc) is 3.21. The van der Waals surface area contributed by atoms with Gasteiger partial charge < -0.3 is 4.42 Å². The lowest BCUT2D eigenvalue weighted by Gasteiger charge is -2.22. The van der Waals surface area contributed by atoms with Crippen molar-refractivity contribution in [2.75, 3.05) is 0 Å². The number of nitrogens with zero attached hydrogens (tertiary/aromatic N) is 3. The van der Waals surface area contributed by atoms with Crippen molar-refractivity contribution in [1.29, 1.82) is 0 Å². The molecule has 0 aliphatic heterocycles. The molecule has 0 unspecified atom stereocenters. The van der Waals surface area contributed by atoms with E-state index < -0.39 is 0 Å². The minimum Gasteiger partial charge on any atom is -0.464 e. The van der Waals surface area contributed by atoms with Crippen molar-refractivity contribution in [3.8, 4) is 22.6 Å². The molecule has 0 saturated heterocycles. The number of hydrogen-bond acceptors (Lipinski definition) is 4. The molecule has 4 nitrogen and oxygen atoms in total. The van der Waals surface area contributed by atoms with Gasteiger partial charge in [-0.15, -0.1) is 0 Å². The number of benzene rings is 2. The third-order valence-electron chi connectivity index (χ3n) is 5.26. The monoisotopic (exact) mass is 379 g/mol. The molecule has 3 heterocycles. The summed E-state index contributed by atoms with van der Waals surface area (Å²) in [5.74, 6) is 0. The highest BCUT2D eigenvalue weighted by atomic mass is 16.3. The van der Waals surface area contributed by atoms with Crippen LogP contribution in [0.25, 0.3) is 44.4 Å². The van der Waals surface area contributed by atoms with Gasteiger partial charge in [-0.3, -0.25) is 4.98 Å². The number of furan rings is 1. The molecular weight excluding hydrogens is 358 g/mol. The first-order valence-electron chi connectivity index (χ1n) is 9.69. The molecule has 0 atom stereocenters. The summed E-state index contributed by atoms with van der Waals surface area (Å²) in [5, 5.41) is 3.44. The molecule has 5 aromatic rings. The largest absolute Gasteiger partial charge is 0.464 e. The zero-order valence-electron chi connectivity index (χ0n) is 16.7. The Labute approximate surface area is 169 Å². The molecule has 29 heavy (non-hydrogen) atoms. The van der Waals surface area contributed by atoms with E-state index in [0.717, 1.165) is 33.6 Å². The van der Waals surface area contributed by atoms with Crippen molar-refractivity contribution in [2.24, 2.45) is 0 Å². The number of rotatable bonds is 2. The van der Waals surface area contributed by atoms with E-state index in [9.17, 15) is 0 Å². The van der Waals surface area contributed by atoms with Gasteiger partial charge in [0.2, 0.25) is 0 Å². The van der Waals surface area contributed by atoms with Crippen molar-refractivity contribution in [1.82, 2.24) is 15.0 Å². The molecule has 0 radical (unpaired) electrons. The number of aromatic nitrogens is 3. The predicted molar refractivity (Wildman–Crippen MR) is 117 cm³/mol. The van der Waals surface area contributed by atoms with E-state index in [1.807, 2.05) is 18.2 Å². The highest BCUT2D eigenvalue weighted by Gasteiger charge is 2.19. The van der Waals surface area contributed by atoms with Crippen molar-refractivity contribution in [2.45, 2.75) is 26.2 Å². The molecule has 0 saturated carbocycles. The molecule has 142 valence electrons. The van der Waals surface area contributed by atoms with E-state index in [4.69, 9.17) is 4.42 Å². The fourth-order valence-electron chi connectivity index (χ4n) is 3.82. The Morgan fingerprint density at radius 3 is 2.48 bits per heavy atom. The van der Waals surface area contributed by atoms with Crippen LogP contribution in [0.5, 0.6) is 0 Å². The first kappa shape index (κ1) is 17.6. The van der Waals surface area contributed by atoms with Crippen LogP contribution in [0, 0.1) is 0 Å². The Bertz CT molecular complexity index is 1350. The van der Waals surface area contributed by atoms with Gasteiger partial charge in [-0.05, 0) is 52.1 Å². The first-order valence-corrected chi connectivity index (χ1v) is 9.69. The summed E-state index contributed by atoms with van der Waals surface area (Å²) >= 11 is 0. The van der Waals surface area contributed by atoms with Gasteiger partial charge in [-0.2, -0.15) is 0 Å². The predicted octanol–water partition coefficient (Wildman–Crippen LogP) is 6.40. The van der Waals surface area contributed by atoms with Crippen LogP contribution in [0.3, 0.4) is 0 Å². The van der Waals surface area contributed by atoms with E-state index >= 15 is 0 Å². The Morgan fingerprint density at radius 2 is 1.62 bits per heavy atom. The van der Waals surface area contributed by atoms with Crippen molar-refractivity contribution in [3.63, 3.8) is 0 Å². The highest BCUT2D eigenvalue weighted by molar-refractivity contribution is 5.93. The Morgan fingerprint density at radius 1 is 0.793 bits per heavy atom. The third-order valence-corrected chi connectivity index (χ3v) is 5.26. The van der Waals surface area contributed by atoms with Crippen LogP contribution >= 0.6 is 0 Å². The minimum absolute atomic E-state index is 0.0232. The Balaban J connectivity index is 1.70. The lowest BCUT2D eigenvalue weighted by atomic mass is 9.82.